The number of rotatable bonds is 4. The topological polar surface area (TPSA) is 54.5 Å². The Kier molecular flexibility index (Phi) is 4.98. The molecule has 0 spiro atoms. The first kappa shape index (κ1) is 17.3. The van der Waals surface area contributed by atoms with Crippen molar-refractivity contribution in [2.45, 2.75) is 20.4 Å². The van der Waals surface area contributed by atoms with Gasteiger partial charge in [-0.1, -0.05) is 23.7 Å². The number of benzene rings is 1. The molecule has 3 rings (SSSR count). The molecule has 126 valence electrons. The molecule has 0 N–H and O–H groups in total. The van der Waals surface area contributed by atoms with Crippen LogP contribution in [0.1, 0.15) is 27.5 Å². The van der Waals surface area contributed by atoms with Gasteiger partial charge in [-0.25, -0.2) is 14.1 Å². The Morgan fingerprint density at radius 3 is 2.68 bits per heavy atom. The van der Waals surface area contributed by atoms with Crippen LogP contribution in [-0.2, 0) is 6.54 Å². The van der Waals surface area contributed by atoms with Gasteiger partial charge in [0.1, 0.15) is 22.0 Å². The molecule has 2 aromatic heterocycles. The van der Waals surface area contributed by atoms with E-state index in [1.165, 1.54) is 23.5 Å². The van der Waals surface area contributed by atoms with Crippen LogP contribution in [0.3, 0.4) is 0 Å². The number of halogens is 2. The van der Waals surface area contributed by atoms with Gasteiger partial charge >= 0.3 is 0 Å². The largest absolute Gasteiger partial charge is 0.249 e. The van der Waals surface area contributed by atoms with Crippen LogP contribution in [0.2, 0.25) is 5.15 Å². The van der Waals surface area contributed by atoms with Crippen LogP contribution < -0.4 is 0 Å². The molecule has 0 saturated heterocycles. The van der Waals surface area contributed by atoms with Gasteiger partial charge in [-0.3, -0.25) is 0 Å². The molecule has 0 bridgehead atoms. The fraction of sp³-hybridized carbons (Fsp3) is 0.167. The molecule has 0 radical (unpaired) electrons. The molecule has 7 heteroatoms. The van der Waals surface area contributed by atoms with E-state index in [1.807, 2.05) is 19.2 Å². The summed E-state index contributed by atoms with van der Waals surface area (Å²) in [5.41, 5.74) is 3.61. The molecule has 0 unspecified atom stereocenters. The molecule has 0 fully saturated rings. The lowest BCUT2D eigenvalue weighted by Crippen LogP contribution is -2.02. The number of thiazole rings is 1. The van der Waals surface area contributed by atoms with Crippen molar-refractivity contribution in [2.24, 2.45) is 0 Å². The summed E-state index contributed by atoms with van der Waals surface area (Å²) >= 11 is 7.88. The van der Waals surface area contributed by atoms with Crippen LogP contribution in [0.25, 0.3) is 11.6 Å². The van der Waals surface area contributed by atoms with Crippen LogP contribution >= 0.6 is 22.9 Å². The van der Waals surface area contributed by atoms with Gasteiger partial charge in [-0.15, -0.1) is 11.3 Å². The fourth-order valence-electron chi connectivity index (χ4n) is 2.36. The van der Waals surface area contributed by atoms with E-state index in [-0.39, 0.29) is 5.82 Å². The van der Waals surface area contributed by atoms with Gasteiger partial charge < -0.3 is 0 Å². The molecule has 0 aliphatic rings. The van der Waals surface area contributed by atoms with Gasteiger partial charge in [0.15, 0.2) is 0 Å². The lowest BCUT2D eigenvalue weighted by molar-refractivity contribution is 0.624. The van der Waals surface area contributed by atoms with Crippen molar-refractivity contribution in [1.29, 1.82) is 5.26 Å². The third-order valence-electron chi connectivity index (χ3n) is 3.61. The van der Waals surface area contributed by atoms with Crippen molar-refractivity contribution < 1.29 is 4.39 Å². The Morgan fingerprint density at radius 2 is 2.08 bits per heavy atom. The molecule has 0 saturated carbocycles. The maximum absolute atomic E-state index is 13.0. The number of nitrogens with zero attached hydrogens (tertiary/aromatic N) is 4. The third-order valence-corrected chi connectivity index (χ3v) is 5.01. The third kappa shape index (κ3) is 3.78. The summed E-state index contributed by atoms with van der Waals surface area (Å²) in [7, 11) is 0. The van der Waals surface area contributed by atoms with E-state index in [0.29, 0.717) is 33.5 Å². The highest BCUT2D eigenvalue weighted by Crippen LogP contribution is 2.27. The van der Waals surface area contributed by atoms with E-state index in [2.05, 4.69) is 16.2 Å². The zero-order chi connectivity index (χ0) is 18.0. The molecule has 0 aliphatic heterocycles. The minimum Gasteiger partial charge on any atom is -0.249 e. The van der Waals surface area contributed by atoms with Crippen LogP contribution in [0.15, 0.2) is 29.6 Å². The molecule has 4 nitrogen and oxygen atoms in total. The van der Waals surface area contributed by atoms with Crippen molar-refractivity contribution in [2.75, 3.05) is 0 Å². The molecular formula is C18H14ClFN4S. The molecule has 0 amide bonds. The Balaban J connectivity index is 1.95. The molecule has 1 aromatic carbocycles. The minimum absolute atomic E-state index is 0.285. The van der Waals surface area contributed by atoms with Crippen molar-refractivity contribution >= 4 is 34.6 Å². The Bertz CT molecular complexity index is 980. The zero-order valence-corrected chi connectivity index (χ0v) is 15.2. The predicted molar refractivity (Wildman–Crippen MR) is 97.8 cm³/mol. The Labute approximate surface area is 153 Å². The van der Waals surface area contributed by atoms with E-state index < -0.39 is 0 Å². The fourth-order valence-corrected chi connectivity index (χ4v) is 3.41. The first-order valence-electron chi connectivity index (χ1n) is 7.49. The second-order valence-electron chi connectivity index (χ2n) is 5.54. The van der Waals surface area contributed by atoms with E-state index in [1.54, 1.807) is 22.9 Å². The zero-order valence-electron chi connectivity index (χ0n) is 13.6. The molecule has 0 aliphatic carbocycles. The van der Waals surface area contributed by atoms with Crippen LogP contribution in [-0.4, -0.2) is 14.8 Å². The summed E-state index contributed by atoms with van der Waals surface area (Å²) in [5.74, 6) is -0.285. The number of hydrogen-bond donors (Lipinski definition) is 0. The second-order valence-corrected chi connectivity index (χ2v) is 6.75. The summed E-state index contributed by atoms with van der Waals surface area (Å²) in [5, 5.41) is 16.9. The number of nitriles is 1. The lowest BCUT2D eigenvalue weighted by atomic mass is 10.1. The molecule has 2 heterocycles. The Morgan fingerprint density at radius 1 is 1.36 bits per heavy atom. The summed E-state index contributed by atoms with van der Waals surface area (Å²) in [6.45, 7) is 4.14. The van der Waals surface area contributed by atoms with Gasteiger partial charge in [-0.05, 0) is 37.6 Å². The highest BCUT2D eigenvalue weighted by atomic mass is 35.5. The highest BCUT2D eigenvalue weighted by molar-refractivity contribution is 7.11. The van der Waals surface area contributed by atoms with Crippen LogP contribution in [0.4, 0.5) is 4.39 Å². The number of hydrogen-bond acceptors (Lipinski definition) is 4. The number of allylic oxidation sites excluding steroid dienone is 1. The van der Waals surface area contributed by atoms with Crippen molar-refractivity contribution in [1.82, 2.24) is 14.8 Å². The van der Waals surface area contributed by atoms with Crippen LogP contribution in [0, 0.1) is 31.0 Å². The summed E-state index contributed by atoms with van der Waals surface area (Å²) < 4.78 is 14.7. The van der Waals surface area contributed by atoms with E-state index in [0.717, 1.165) is 11.3 Å². The quantitative estimate of drug-likeness (QED) is 0.614. The number of aryl methyl sites for hydroxylation is 2. The van der Waals surface area contributed by atoms with Crippen molar-refractivity contribution in [3.63, 3.8) is 0 Å². The maximum atomic E-state index is 13.0. The van der Waals surface area contributed by atoms with Crippen molar-refractivity contribution in [3.8, 4) is 6.07 Å². The predicted octanol–water partition coefficient (Wildman–Crippen LogP) is 4.86. The average Bonchev–Trinajstić information content (AvgIpc) is 3.12. The molecule has 25 heavy (non-hydrogen) atoms. The number of aromatic nitrogens is 3. The SMILES string of the molecule is Cc1csc(/C(C#N)=C/c2c(C)nn(Cc3ccc(F)cc3)c2Cl)n1. The van der Waals surface area contributed by atoms with Crippen LogP contribution in [0.5, 0.6) is 0 Å². The molecular weight excluding hydrogens is 359 g/mol. The van der Waals surface area contributed by atoms with E-state index in [9.17, 15) is 9.65 Å². The van der Waals surface area contributed by atoms with Gasteiger partial charge in [0.25, 0.3) is 0 Å². The maximum Gasteiger partial charge on any atom is 0.134 e. The standard InChI is InChI=1S/C18H14ClFN4S/c1-11-10-25-18(22-11)14(8-21)7-16-12(2)23-24(17(16)19)9-13-3-5-15(20)6-4-13/h3-7,10H,9H2,1-2H3/b14-7+. The van der Waals surface area contributed by atoms with Gasteiger partial charge in [0, 0.05) is 16.6 Å². The smallest absolute Gasteiger partial charge is 0.134 e. The van der Waals surface area contributed by atoms with Gasteiger partial charge in [-0.2, -0.15) is 10.4 Å². The highest BCUT2D eigenvalue weighted by Gasteiger charge is 2.14. The summed E-state index contributed by atoms with van der Waals surface area (Å²) in [4.78, 5) is 4.34. The van der Waals surface area contributed by atoms with Gasteiger partial charge in [0.05, 0.1) is 17.8 Å². The lowest BCUT2D eigenvalue weighted by Gasteiger charge is -2.03. The average molecular weight is 373 g/mol. The normalized spacial score (nSPS) is 11.6. The monoisotopic (exact) mass is 372 g/mol. The van der Waals surface area contributed by atoms with E-state index >= 15 is 0 Å². The van der Waals surface area contributed by atoms with E-state index in [4.69, 9.17) is 11.6 Å². The van der Waals surface area contributed by atoms with Gasteiger partial charge in [0.2, 0.25) is 0 Å². The molecule has 0 atom stereocenters. The second kappa shape index (κ2) is 7.18. The minimum atomic E-state index is -0.285. The Hall–Kier alpha value is -2.49. The van der Waals surface area contributed by atoms with Crippen molar-refractivity contribution in [3.05, 3.63) is 68.1 Å². The summed E-state index contributed by atoms with van der Waals surface area (Å²) in [6.07, 6.45) is 1.71. The first-order valence-corrected chi connectivity index (χ1v) is 8.75. The summed E-state index contributed by atoms with van der Waals surface area (Å²) in [6, 6.07) is 8.36. The first-order chi connectivity index (χ1) is 12.0. The molecule has 3 aromatic rings.